The van der Waals surface area contributed by atoms with Crippen molar-refractivity contribution in [2.24, 2.45) is 5.92 Å². The van der Waals surface area contributed by atoms with Gasteiger partial charge in [0, 0.05) is 24.6 Å². The van der Waals surface area contributed by atoms with Gasteiger partial charge in [-0.15, -0.1) is 0 Å². The summed E-state index contributed by atoms with van der Waals surface area (Å²) in [4.78, 5) is 12.6. The second-order valence-corrected chi connectivity index (χ2v) is 10.4. The van der Waals surface area contributed by atoms with Gasteiger partial charge in [-0.2, -0.15) is 4.31 Å². The number of nitrogens with one attached hydrogen (secondary N) is 1. The molecular weight excluding hydrogens is 500 g/mol. The van der Waals surface area contributed by atoms with Crippen LogP contribution in [0.2, 0.25) is 5.02 Å². The van der Waals surface area contributed by atoms with E-state index in [0.29, 0.717) is 5.69 Å². The van der Waals surface area contributed by atoms with Crippen molar-refractivity contribution >= 4 is 45.4 Å². The number of sulfonamides is 1. The molecule has 2 heterocycles. The lowest BCUT2D eigenvalue weighted by Gasteiger charge is -2.30. The maximum atomic E-state index is 13.9. The fourth-order valence-corrected chi connectivity index (χ4v) is 5.82. The number of hydrogen-bond donors (Lipinski definition) is 1. The summed E-state index contributed by atoms with van der Waals surface area (Å²) in [7, 11) is -3.98. The van der Waals surface area contributed by atoms with Crippen molar-refractivity contribution in [3.63, 3.8) is 0 Å². The van der Waals surface area contributed by atoms with Crippen LogP contribution in [-0.2, 0) is 14.8 Å². The molecule has 184 valence electrons. The van der Waals surface area contributed by atoms with E-state index in [1.54, 1.807) is 18.2 Å². The molecule has 0 saturated carbocycles. The number of benzene rings is 2. The summed E-state index contributed by atoms with van der Waals surface area (Å²) in [5.74, 6) is -1.72. The summed E-state index contributed by atoms with van der Waals surface area (Å²) in [6.45, 7) is 1.74. The van der Waals surface area contributed by atoms with Crippen LogP contribution in [0, 0.1) is 24.5 Å². The first-order chi connectivity index (χ1) is 16.7. The number of rotatable bonds is 6. The Hall–Kier alpha value is -3.08. The number of piperidine rings is 1. The third kappa shape index (κ3) is 5.44. The lowest BCUT2D eigenvalue weighted by atomic mass is 9.97. The van der Waals surface area contributed by atoms with E-state index in [-0.39, 0.29) is 58.8 Å². The molecule has 0 spiro atoms. The Bertz CT molecular complexity index is 1380. The van der Waals surface area contributed by atoms with Crippen molar-refractivity contribution in [3.8, 4) is 0 Å². The van der Waals surface area contributed by atoms with Crippen molar-refractivity contribution in [3.05, 3.63) is 76.1 Å². The van der Waals surface area contributed by atoms with Gasteiger partial charge >= 0.3 is 0 Å². The van der Waals surface area contributed by atoms with E-state index in [1.165, 1.54) is 41.6 Å². The number of hydrogen-bond acceptors (Lipinski definition) is 5. The van der Waals surface area contributed by atoms with E-state index in [4.69, 9.17) is 16.1 Å². The van der Waals surface area contributed by atoms with Gasteiger partial charge in [0.1, 0.15) is 17.3 Å². The fourth-order valence-electron chi connectivity index (χ4n) is 3.89. The normalized spacial score (nSPS) is 15.5. The SMILES string of the molecule is Cc1noc(/C=C/c2ccccc2F)c1S(=O)(=O)N1CCC(C(=O)Nc2ccc(F)cc2Cl)CC1. The van der Waals surface area contributed by atoms with E-state index in [1.807, 2.05) is 0 Å². The van der Waals surface area contributed by atoms with Crippen LogP contribution in [0.25, 0.3) is 12.2 Å². The molecule has 0 bridgehead atoms. The molecule has 1 saturated heterocycles. The lowest BCUT2D eigenvalue weighted by Crippen LogP contribution is -2.41. The topological polar surface area (TPSA) is 92.5 Å². The minimum atomic E-state index is -3.98. The third-order valence-corrected chi connectivity index (χ3v) is 8.13. The van der Waals surface area contributed by atoms with Gasteiger partial charge in [-0.25, -0.2) is 17.2 Å². The first-order valence-corrected chi connectivity index (χ1v) is 12.6. The minimum absolute atomic E-state index is 0.00317. The number of aryl methyl sites for hydroxylation is 1. The van der Waals surface area contributed by atoms with E-state index in [0.717, 1.165) is 6.07 Å². The molecule has 3 aromatic rings. The zero-order valence-corrected chi connectivity index (χ0v) is 20.2. The van der Waals surface area contributed by atoms with Crippen molar-refractivity contribution in [1.29, 1.82) is 0 Å². The van der Waals surface area contributed by atoms with Crippen LogP contribution < -0.4 is 5.32 Å². The fraction of sp³-hybridized carbons (Fsp3) is 0.250. The van der Waals surface area contributed by atoms with Gasteiger partial charge in [-0.1, -0.05) is 35.0 Å². The zero-order valence-electron chi connectivity index (χ0n) is 18.7. The highest BCUT2D eigenvalue weighted by molar-refractivity contribution is 7.89. The van der Waals surface area contributed by atoms with Crippen LogP contribution in [0.1, 0.15) is 29.9 Å². The summed E-state index contributed by atoms with van der Waals surface area (Å²) in [6.07, 6.45) is 3.37. The van der Waals surface area contributed by atoms with Gasteiger partial charge in [-0.05, 0) is 56.2 Å². The molecule has 1 aliphatic heterocycles. The van der Waals surface area contributed by atoms with E-state index >= 15 is 0 Å². The van der Waals surface area contributed by atoms with Crippen LogP contribution in [0.3, 0.4) is 0 Å². The minimum Gasteiger partial charge on any atom is -0.355 e. The summed E-state index contributed by atoms with van der Waals surface area (Å²) >= 11 is 5.97. The molecule has 35 heavy (non-hydrogen) atoms. The maximum absolute atomic E-state index is 13.9. The summed E-state index contributed by atoms with van der Waals surface area (Å²) in [5, 5.41) is 6.54. The Kier molecular flexibility index (Phi) is 7.34. The quantitative estimate of drug-likeness (QED) is 0.486. The molecule has 0 unspecified atom stereocenters. The molecule has 0 radical (unpaired) electrons. The van der Waals surface area contributed by atoms with Crippen molar-refractivity contribution in [2.45, 2.75) is 24.7 Å². The summed E-state index contributed by atoms with van der Waals surface area (Å²) in [6, 6.07) is 9.74. The largest absolute Gasteiger partial charge is 0.355 e. The average molecular weight is 522 g/mol. The van der Waals surface area contributed by atoms with Crippen molar-refractivity contribution < 1.29 is 26.5 Å². The lowest BCUT2D eigenvalue weighted by molar-refractivity contribution is -0.120. The molecule has 2 aromatic carbocycles. The predicted octanol–water partition coefficient (Wildman–Crippen LogP) is 5.12. The molecule has 1 fully saturated rings. The number of aromatic nitrogens is 1. The Balaban J connectivity index is 1.46. The number of halogens is 3. The predicted molar refractivity (Wildman–Crippen MR) is 128 cm³/mol. The molecule has 1 aliphatic rings. The zero-order chi connectivity index (χ0) is 25.2. The molecule has 4 rings (SSSR count). The Morgan fingerprint density at radius 2 is 1.89 bits per heavy atom. The van der Waals surface area contributed by atoms with Gasteiger partial charge in [-0.3, -0.25) is 4.79 Å². The van der Waals surface area contributed by atoms with Crippen LogP contribution in [0.5, 0.6) is 0 Å². The van der Waals surface area contributed by atoms with Crippen molar-refractivity contribution in [1.82, 2.24) is 9.46 Å². The molecule has 1 amide bonds. The highest BCUT2D eigenvalue weighted by Gasteiger charge is 2.36. The monoisotopic (exact) mass is 521 g/mol. The van der Waals surface area contributed by atoms with E-state index < -0.39 is 27.6 Å². The number of amides is 1. The first kappa shape index (κ1) is 25.0. The molecule has 1 aromatic heterocycles. The third-order valence-electron chi connectivity index (χ3n) is 5.76. The first-order valence-electron chi connectivity index (χ1n) is 10.8. The van der Waals surface area contributed by atoms with Crippen LogP contribution in [0.4, 0.5) is 14.5 Å². The Morgan fingerprint density at radius 3 is 2.57 bits per heavy atom. The number of nitrogens with zero attached hydrogens (tertiary/aromatic N) is 2. The van der Waals surface area contributed by atoms with Gasteiger partial charge in [0.15, 0.2) is 10.7 Å². The summed E-state index contributed by atoms with van der Waals surface area (Å²) in [5.41, 5.74) is 0.751. The molecule has 1 N–H and O–H groups in total. The van der Waals surface area contributed by atoms with Crippen LogP contribution in [0.15, 0.2) is 51.9 Å². The standard InChI is InChI=1S/C24H22ClF2N3O4S/c1-15-23(22(34-29-15)9-6-16-4-2-3-5-20(16)27)35(32,33)30-12-10-17(11-13-30)24(31)28-21-8-7-18(26)14-19(21)25/h2-9,14,17H,10-13H2,1H3,(H,28,31)/b9-6+. The van der Waals surface area contributed by atoms with Gasteiger partial charge < -0.3 is 9.84 Å². The number of carbonyl (C=O) groups excluding carboxylic acids is 1. The molecular formula is C24H22ClF2N3O4S. The van der Waals surface area contributed by atoms with E-state index in [9.17, 15) is 22.0 Å². The summed E-state index contributed by atoms with van der Waals surface area (Å²) < 4.78 is 60.4. The number of carbonyl (C=O) groups is 1. The van der Waals surface area contributed by atoms with Crippen molar-refractivity contribution in [2.75, 3.05) is 18.4 Å². The highest BCUT2D eigenvalue weighted by Crippen LogP contribution is 2.30. The Labute approximate surface area is 206 Å². The average Bonchev–Trinajstić information content (AvgIpc) is 3.21. The molecule has 7 nitrogen and oxygen atoms in total. The smallest absolute Gasteiger partial charge is 0.248 e. The van der Waals surface area contributed by atoms with Crippen LogP contribution >= 0.6 is 11.6 Å². The number of anilines is 1. The molecule has 0 atom stereocenters. The highest BCUT2D eigenvalue weighted by atomic mass is 35.5. The van der Waals surface area contributed by atoms with E-state index in [2.05, 4.69) is 10.5 Å². The molecule has 0 aliphatic carbocycles. The molecule has 11 heteroatoms. The second-order valence-electron chi connectivity index (χ2n) is 8.11. The maximum Gasteiger partial charge on any atom is 0.248 e. The van der Waals surface area contributed by atoms with Crippen LogP contribution in [-0.4, -0.2) is 36.9 Å². The Morgan fingerprint density at radius 1 is 1.17 bits per heavy atom. The van der Waals surface area contributed by atoms with Gasteiger partial charge in [0.05, 0.1) is 10.7 Å². The second kappa shape index (κ2) is 10.3. The van der Waals surface area contributed by atoms with Gasteiger partial charge in [0.25, 0.3) is 0 Å². The van der Waals surface area contributed by atoms with Gasteiger partial charge in [0.2, 0.25) is 15.9 Å².